The van der Waals surface area contributed by atoms with Gasteiger partial charge in [0, 0.05) is 18.0 Å². The van der Waals surface area contributed by atoms with Gasteiger partial charge in [-0.25, -0.2) is 0 Å². The Morgan fingerprint density at radius 1 is 1.62 bits per heavy atom. The molecule has 1 heterocycles. The smallest absolute Gasteiger partial charge is 0.136 e. The molecule has 0 bridgehead atoms. The van der Waals surface area contributed by atoms with Crippen molar-refractivity contribution in [2.24, 2.45) is 5.73 Å². The zero-order chi connectivity index (χ0) is 9.31. The molecular formula is C10H16N2O. The molecule has 0 atom stereocenters. The molecule has 72 valence electrons. The fourth-order valence-corrected chi connectivity index (χ4v) is 1.43. The van der Waals surface area contributed by atoms with E-state index in [0.717, 1.165) is 30.7 Å². The van der Waals surface area contributed by atoms with Gasteiger partial charge in [0.2, 0.25) is 0 Å². The summed E-state index contributed by atoms with van der Waals surface area (Å²) in [6.07, 6.45) is 5.26. The highest BCUT2D eigenvalue weighted by Crippen LogP contribution is 2.36. The number of hydrogen-bond donors (Lipinski definition) is 1. The number of aryl methyl sites for hydroxylation is 2. The molecule has 1 aliphatic carbocycles. The van der Waals surface area contributed by atoms with Crippen LogP contribution >= 0.6 is 0 Å². The topological polar surface area (TPSA) is 52.0 Å². The lowest BCUT2D eigenvalue weighted by Gasteiger charge is -2.04. The van der Waals surface area contributed by atoms with E-state index in [9.17, 15) is 0 Å². The van der Waals surface area contributed by atoms with E-state index in [0.29, 0.717) is 0 Å². The number of nitrogens with zero attached hydrogens (tertiary/aromatic N) is 1. The van der Waals surface area contributed by atoms with Gasteiger partial charge in [-0.05, 0) is 25.7 Å². The first-order chi connectivity index (χ1) is 6.22. The molecule has 1 fully saturated rings. The average Bonchev–Trinajstić information content (AvgIpc) is 2.69. The van der Waals surface area contributed by atoms with E-state index in [1.807, 2.05) is 6.07 Å². The number of hydrogen-bond acceptors (Lipinski definition) is 3. The third kappa shape index (κ3) is 2.10. The van der Waals surface area contributed by atoms with Crippen LogP contribution in [-0.2, 0) is 12.8 Å². The van der Waals surface area contributed by atoms with E-state index < -0.39 is 0 Å². The van der Waals surface area contributed by atoms with Crippen molar-refractivity contribution in [3.63, 3.8) is 0 Å². The van der Waals surface area contributed by atoms with Crippen molar-refractivity contribution in [1.29, 1.82) is 0 Å². The van der Waals surface area contributed by atoms with Crippen LogP contribution in [0, 0.1) is 0 Å². The fraction of sp³-hybridized carbons (Fsp3) is 0.700. The number of rotatable bonds is 4. The second-order valence-corrected chi connectivity index (χ2v) is 4.00. The molecule has 1 aliphatic rings. The first-order valence-electron chi connectivity index (χ1n) is 4.95. The third-order valence-electron chi connectivity index (χ3n) is 2.73. The third-order valence-corrected chi connectivity index (χ3v) is 2.73. The summed E-state index contributed by atoms with van der Waals surface area (Å²) in [4.78, 5) is 0. The Labute approximate surface area is 78.3 Å². The quantitative estimate of drug-likeness (QED) is 0.766. The highest BCUT2D eigenvalue weighted by Gasteiger charge is 2.37. The molecule has 0 spiro atoms. The van der Waals surface area contributed by atoms with Crippen LogP contribution in [0.5, 0.6) is 0 Å². The SMILES string of the molecule is CCc1cc(CCC2(N)CC2)no1. The van der Waals surface area contributed by atoms with Crippen LogP contribution < -0.4 is 5.73 Å². The standard InChI is InChI=1S/C10H16N2O/c1-2-9-7-8(12-13-9)3-4-10(11)5-6-10/h7H,2-6,11H2,1H3. The van der Waals surface area contributed by atoms with Gasteiger partial charge in [0.05, 0.1) is 5.69 Å². The highest BCUT2D eigenvalue weighted by atomic mass is 16.5. The lowest BCUT2D eigenvalue weighted by molar-refractivity contribution is 0.379. The van der Waals surface area contributed by atoms with Crippen molar-refractivity contribution in [3.8, 4) is 0 Å². The van der Waals surface area contributed by atoms with Gasteiger partial charge in [0.15, 0.2) is 0 Å². The minimum absolute atomic E-state index is 0.130. The molecule has 0 aliphatic heterocycles. The molecule has 3 heteroatoms. The van der Waals surface area contributed by atoms with Gasteiger partial charge in [-0.3, -0.25) is 0 Å². The predicted molar refractivity (Wildman–Crippen MR) is 50.4 cm³/mol. The first kappa shape index (κ1) is 8.75. The summed E-state index contributed by atoms with van der Waals surface area (Å²) in [6.45, 7) is 2.07. The van der Waals surface area contributed by atoms with E-state index in [-0.39, 0.29) is 5.54 Å². The van der Waals surface area contributed by atoms with Gasteiger partial charge >= 0.3 is 0 Å². The zero-order valence-corrected chi connectivity index (χ0v) is 8.05. The molecule has 2 N–H and O–H groups in total. The Hall–Kier alpha value is -0.830. The summed E-state index contributed by atoms with van der Waals surface area (Å²) in [7, 11) is 0. The summed E-state index contributed by atoms with van der Waals surface area (Å²) in [5.41, 5.74) is 7.16. The van der Waals surface area contributed by atoms with Gasteiger partial charge in [-0.15, -0.1) is 0 Å². The Morgan fingerprint density at radius 3 is 2.92 bits per heavy atom. The van der Waals surface area contributed by atoms with Crippen LogP contribution in [0.3, 0.4) is 0 Å². The lowest BCUT2D eigenvalue weighted by atomic mass is 10.1. The fourth-order valence-electron chi connectivity index (χ4n) is 1.43. The molecular weight excluding hydrogens is 164 g/mol. The largest absolute Gasteiger partial charge is 0.361 e. The minimum Gasteiger partial charge on any atom is -0.361 e. The number of aromatic nitrogens is 1. The predicted octanol–water partition coefficient (Wildman–Crippen LogP) is 1.66. The van der Waals surface area contributed by atoms with Gasteiger partial charge in [-0.1, -0.05) is 12.1 Å². The molecule has 0 aromatic carbocycles. The highest BCUT2D eigenvalue weighted by molar-refractivity contribution is 5.08. The maximum Gasteiger partial charge on any atom is 0.136 e. The molecule has 13 heavy (non-hydrogen) atoms. The van der Waals surface area contributed by atoms with E-state index in [1.54, 1.807) is 0 Å². The Kier molecular flexibility index (Phi) is 2.12. The molecule has 1 aromatic rings. The van der Waals surface area contributed by atoms with Gasteiger partial charge in [0.25, 0.3) is 0 Å². The summed E-state index contributed by atoms with van der Waals surface area (Å²) in [5, 5.41) is 3.99. The summed E-state index contributed by atoms with van der Waals surface area (Å²) in [6, 6.07) is 2.03. The molecule has 0 unspecified atom stereocenters. The monoisotopic (exact) mass is 180 g/mol. The average molecular weight is 180 g/mol. The second kappa shape index (κ2) is 3.14. The summed E-state index contributed by atoms with van der Waals surface area (Å²) >= 11 is 0. The first-order valence-corrected chi connectivity index (χ1v) is 4.95. The van der Waals surface area contributed by atoms with Crippen LogP contribution in [0.25, 0.3) is 0 Å². The second-order valence-electron chi connectivity index (χ2n) is 4.00. The molecule has 3 nitrogen and oxygen atoms in total. The van der Waals surface area contributed by atoms with Crippen molar-refractivity contribution in [2.75, 3.05) is 0 Å². The maximum absolute atomic E-state index is 5.98. The van der Waals surface area contributed by atoms with Crippen LogP contribution in [0.1, 0.15) is 37.6 Å². The Bertz CT molecular complexity index is 289. The van der Waals surface area contributed by atoms with Crippen LogP contribution in [0.4, 0.5) is 0 Å². The van der Waals surface area contributed by atoms with Crippen molar-refractivity contribution >= 4 is 0 Å². The lowest BCUT2D eigenvalue weighted by Crippen LogP contribution is -2.22. The Balaban J connectivity index is 1.87. The van der Waals surface area contributed by atoms with Gasteiger partial charge < -0.3 is 10.3 Å². The molecule has 2 rings (SSSR count). The van der Waals surface area contributed by atoms with Crippen molar-refractivity contribution < 1.29 is 4.52 Å². The van der Waals surface area contributed by atoms with Crippen molar-refractivity contribution in [2.45, 2.75) is 44.6 Å². The van der Waals surface area contributed by atoms with Gasteiger partial charge in [0.1, 0.15) is 5.76 Å². The van der Waals surface area contributed by atoms with E-state index in [1.165, 1.54) is 12.8 Å². The van der Waals surface area contributed by atoms with Crippen molar-refractivity contribution in [3.05, 3.63) is 17.5 Å². The molecule has 1 aromatic heterocycles. The Morgan fingerprint density at radius 2 is 2.38 bits per heavy atom. The van der Waals surface area contributed by atoms with Crippen LogP contribution in [-0.4, -0.2) is 10.7 Å². The molecule has 0 amide bonds. The van der Waals surface area contributed by atoms with Gasteiger partial charge in [-0.2, -0.15) is 0 Å². The molecule has 1 saturated carbocycles. The summed E-state index contributed by atoms with van der Waals surface area (Å²) < 4.78 is 5.11. The van der Waals surface area contributed by atoms with Crippen molar-refractivity contribution in [1.82, 2.24) is 5.16 Å². The normalized spacial score (nSPS) is 18.9. The zero-order valence-electron chi connectivity index (χ0n) is 8.05. The minimum atomic E-state index is 0.130. The number of nitrogens with two attached hydrogens (primary N) is 1. The van der Waals surface area contributed by atoms with E-state index >= 15 is 0 Å². The maximum atomic E-state index is 5.98. The van der Waals surface area contributed by atoms with E-state index in [2.05, 4.69) is 12.1 Å². The van der Waals surface area contributed by atoms with Crippen LogP contribution in [0.15, 0.2) is 10.6 Å². The van der Waals surface area contributed by atoms with Crippen LogP contribution in [0.2, 0.25) is 0 Å². The van der Waals surface area contributed by atoms with E-state index in [4.69, 9.17) is 10.3 Å². The molecule has 0 radical (unpaired) electrons. The summed E-state index contributed by atoms with van der Waals surface area (Å²) in [5.74, 6) is 0.969. The molecule has 0 saturated heterocycles.